The number of aromatic amines is 1. The molecule has 1 aromatic rings. The number of hydrogen-bond donors (Lipinski definition) is 2. The normalized spacial score (nSPS) is 25.0. The van der Waals surface area contributed by atoms with E-state index < -0.39 is 10.0 Å². The highest BCUT2D eigenvalue weighted by atomic mass is 32.2. The summed E-state index contributed by atoms with van der Waals surface area (Å²) in [7, 11) is -1.72. The van der Waals surface area contributed by atoms with Crippen LogP contribution in [0, 0.1) is 12.8 Å². The van der Waals surface area contributed by atoms with Crippen molar-refractivity contribution in [2.24, 2.45) is 5.92 Å². The summed E-state index contributed by atoms with van der Waals surface area (Å²) < 4.78 is 27.3. The van der Waals surface area contributed by atoms with Crippen molar-refractivity contribution < 1.29 is 8.42 Å². The van der Waals surface area contributed by atoms with Crippen LogP contribution >= 0.6 is 0 Å². The summed E-state index contributed by atoms with van der Waals surface area (Å²) >= 11 is 0. The predicted molar refractivity (Wildman–Crippen MR) is 77.8 cm³/mol. The molecule has 1 aliphatic heterocycles. The summed E-state index contributed by atoms with van der Waals surface area (Å²) in [5.74, 6) is 0.578. The minimum atomic E-state index is -3.52. The smallest absolute Gasteiger partial charge is 0.262 e. The first-order chi connectivity index (χ1) is 9.37. The van der Waals surface area contributed by atoms with E-state index in [2.05, 4.69) is 22.4 Å². The molecule has 0 amide bonds. The quantitative estimate of drug-likeness (QED) is 0.877. The number of rotatable bonds is 4. The third-order valence-electron chi connectivity index (χ3n) is 4.02. The summed E-state index contributed by atoms with van der Waals surface area (Å²) in [6.45, 7) is 7.07. The minimum absolute atomic E-state index is 0.0307. The number of hydrogen-bond acceptors (Lipinski definition) is 4. The molecular weight excluding hydrogens is 276 g/mol. The van der Waals surface area contributed by atoms with E-state index in [0.717, 1.165) is 24.1 Å². The van der Waals surface area contributed by atoms with E-state index in [0.29, 0.717) is 19.0 Å². The molecule has 2 rings (SSSR count). The van der Waals surface area contributed by atoms with Crippen molar-refractivity contribution in [2.75, 3.05) is 13.6 Å². The molecule has 0 bridgehead atoms. The molecule has 2 N–H and O–H groups in total. The zero-order valence-electron chi connectivity index (χ0n) is 12.6. The van der Waals surface area contributed by atoms with Crippen LogP contribution in [-0.2, 0) is 16.6 Å². The zero-order valence-corrected chi connectivity index (χ0v) is 13.4. The molecule has 1 aromatic heterocycles. The highest BCUT2D eigenvalue weighted by molar-refractivity contribution is 7.89. The van der Waals surface area contributed by atoms with Crippen LogP contribution in [0.2, 0.25) is 0 Å². The van der Waals surface area contributed by atoms with Crippen LogP contribution in [0.5, 0.6) is 0 Å². The number of H-pyrrole nitrogens is 1. The fraction of sp³-hybridized carbons (Fsp3) is 0.769. The van der Waals surface area contributed by atoms with Gasteiger partial charge in [0.2, 0.25) is 0 Å². The first-order valence-corrected chi connectivity index (χ1v) is 8.52. The van der Waals surface area contributed by atoms with Gasteiger partial charge in [-0.3, -0.25) is 5.10 Å². The molecule has 2 atom stereocenters. The first-order valence-electron chi connectivity index (χ1n) is 7.08. The fourth-order valence-electron chi connectivity index (χ4n) is 2.88. The SMILES string of the molecule is CNCc1c(S(=O)(=O)N2CCC(C)CC2C)n[nH]c1C. The Balaban J connectivity index is 2.35. The molecule has 0 spiro atoms. The molecule has 1 saturated heterocycles. The Morgan fingerprint density at radius 3 is 2.75 bits per heavy atom. The van der Waals surface area contributed by atoms with Gasteiger partial charge in [0.1, 0.15) is 0 Å². The Labute approximate surface area is 121 Å². The standard InChI is InChI=1S/C13H24N4O2S/c1-9-5-6-17(10(2)7-9)20(18,19)13-12(8-14-4)11(3)15-16-13/h9-10,14H,5-8H2,1-4H3,(H,15,16). The molecule has 2 unspecified atom stereocenters. The van der Waals surface area contributed by atoms with Gasteiger partial charge in [0.05, 0.1) is 0 Å². The van der Waals surface area contributed by atoms with Gasteiger partial charge in [0.15, 0.2) is 5.03 Å². The monoisotopic (exact) mass is 300 g/mol. The van der Waals surface area contributed by atoms with Crippen LogP contribution in [0.1, 0.15) is 37.9 Å². The molecule has 1 fully saturated rings. The summed E-state index contributed by atoms with van der Waals surface area (Å²) in [6, 6.07) is 0.0307. The van der Waals surface area contributed by atoms with Crippen molar-refractivity contribution in [3.05, 3.63) is 11.3 Å². The van der Waals surface area contributed by atoms with Gasteiger partial charge in [-0.05, 0) is 39.7 Å². The molecule has 2 heterocycles. The molecule has 114 valence electrons. The Hall–Kier alpha value is -0.920. The van der Waals surface area contributed by atoms with E-state index in [1.165, 1.54) is 0 Å². The van der Waals surface area contributed by atoms with Crippen LogP contribution < -0.4 is 5.32 Å². The molecular formula is C13H24N4O2S. The van der Waals surface area contributed by atoms with Crippen molar-refractivity contribution in [3.63, 3.8) is 0 Å². The van der Waals surface area contributed by atoms with Crippen LogP contribution in [0.3, 0.4) is 0 Å². The third-order valence-corrected chi connectivity index (χ3v) is 6.01. The predicted octanol–water partition coefficient (Wildman–Crippen LogP) is 1.25. The van der Waals surface area contributed by atoms with E-state index >= 15 is 0 Å². The molecule has 1 aliphatic rings. The van der Waals surface area contributed by atoms with Crippen molar-refractivity contribution >= 4 is 10.0 Å². The van der Waals surface area contributed by atoms with Crippen molar-refractivity contribution in [1.82, 2.24) is 19.8 Å². The van der Waals surface area contributed by atoms with E-state index in [1.807, 2.05) is 13.8 Å². The number of aromatic nitrogens is 2. The zero-order chi connectivity index (χ0) is 14.9. The molecule has 0 radical (unpaired) electrons. The average Bonchev–Trinajstić information content (AvgIpc) is 2.72. The average molecular weight is 300 g/mol. The van der Waals surface area contributed by atoms with Crippen molar-refractivity contribution in [1.29, 1.82) is 0 Å². The largest absolute Gasteiger partial charge is 0.316 e. The number of piperidine rings is 1. The first kappa shape index (κ1) is 15.5. The van der Waals surface area contributed by atoms with E-state index in [9.17, 15) is 8.42 Å². The van der Waals surface area contributed by atoms with Gasteiger partial charge in [-0.1, -0.05) is 6.92 Å². The van der Waals surface area contributed by atoms with Crippen molar-refractivity contribution in [2.45, 2.75) is 51.2 Å². The molecule has 6 nitrogen and oxygen atoms in total. The lowest BCUT2D eigenvalue weighted by molar-refractivity contribution is 0.219. The Bertz CT molecular complexity index is 567. The molecule has 20 heavy (non-hydrogen) atoms. The maximum atomic E-state index is 12.8. The highest BCUT2D eigenvalue weighted by Gasteiger charge is 2.36. The molecule has 0 aromatic carbocycles. The summed E-state index contributed by atoms with van der Waals surface area (Å²) in [4.78, 5) is 0. The second kappa shape index (κ2) is 5.83. The Morgan fingerprint density at radius 1 is 1.45 bits per heavy atom. The Kier molecular flexibility index (Phi) is 4.51. The van der Waals surface area contributed by atoms with E-state index in [1.54, 1.807) is 11.4 Å². The number of nitrogens with one attached hydrogen (secondary N) is 2. The van der Waals surface area contributed by atoms with Crippen LogP contribution in [0.25, 0.3) is 0 Å². The van der Waals surface area contributed by atoms with Gasteiger partial charge in [-0.25, -0.2) is 8.42 Å². The second-order valence-corrected chi connectivity index (χ2v) is 7.56. The number of nitrogens with zero attached hydrogens (tertiary/aromatic N) is 2. The Morgan fingerprint density at radius 2 is 2.15 bits per heavy atom. The van der Waals surface area contributed by atoms with Gasteiger partial charge >= 0.3 is 0 Å². The van der Waals surface area contributed by atoms with Gasteiger partial charge < -0.3 is 5.32 Å². The van der Waals surface area contributed by atoms with Gasteiger partial charge in [-0.2, -0.15) is 9.40 Å². The summed E-state index contributed by atoms with van der Waals surface area (Å²) in [5, 5.41) is 10.0. The number of sulfonamides is 1. The summed E-state index contributed by atoms with van der Waals surface area (Å²) in [6.07, 6.45) is 1.82. The van der Waals surface area contributed by atoms with Crippen LogP contribution in [0.4, 0.5) is 0 Å². The topological polar surface area (TPSA) is 78.1 Å². The van der Waals surface area contributed by atoms with Crippen LogP contribution in [0.15, 0.2) is 5.03 Å². The van der Waals surface area contributed by atoms with Gasteiger partial charge in [-0.15, -0.1) is 0 Å². The third kappa shape index (κ3) is 2.75. The fourth-order valence-corrected chi connectivity index (χ4v) is 4.71. The lowest BCUT2D eigenvalue weighted by Gasteiger charge is -2.35. The van der Waals surface area contributed by atoms with Gasteiger partial charge in [0, 0.05) is 30.4 Å². The van der Waals surface area contributed by atoms with E-state index in [4.69, 9.17) is 0 Å². The lowest BCUT2D eigenvalue weighted by Crippen LogP contribution is -2.44. The molecule has 0 saturated carbocycles. The van der Waals surface area contributed by atoms with E-state index in [-0.39, 0.29) is 11.1 Å². The molecule has 7 heteroatoms. The summed E-state index contributed by atoms with van der Waals surface area (Å²) in [5.41, 5.74) is 1.54. The second-order valence-electron chi connectivity index (χ2n) is 5.76. The van der Waals surface area contributed by atoms with Gasteiger partial charge in [0.25, 0.3) is 10.0 Å². The molecule has 0 aliphatic carbocycles. The minimum Gasteiger partial charge on any atom is -0.316 e. The number of aryl methyl sites for hydroxylation is 1. The maximum Gasteiger partial charge on any atom is 0.262 e. The highest BCUT2D eigenvalue weighted by Crippen LogP contribution is 2.29. The lowest BCUT2D eigenvalue weighted by atomic mass is 9.95. The van der Waals surface area contributed by atoms with Crippen molar-refractivity contribution in [3.8, 4) is 0 Å². The van der Waals surface area contributed by atoms with Crippen LogP contribution in [-0.4, -0.2) is 42.6 Å². The maximum absolute atomic E-state index is 12.8.